The zero-order chi connectivity index (χ0) is 13.0. The van der Waals surface area contributed by atoms with E-state index in [1.807, 2.05) is 12.1 Å². The normalized spacial score (nSPS) is 12.6. The molecule has 2 rings (SSSR count). The maximum Gasteiger partial charge on any atom is 0.175 e. The van der Waals surface area contributed by atoms with Crippen LogP contribution in [0.3, 0.4) is 0 Å². The summed E-state index contributed by atoms with van der Waals surface area (Å²) < 4.78 is 1.09. The van der Waals surface area contributed by atoms with Crippen LogP contribution in [-0.2, 0) is 19.9 Å². The Bertz CT molecular complexity index is 493. The molecule has 0 bridgehead atoms. The molecule has 1 heterocycles. The van der Waals surface area contributed by atoms with Gasteiger partial charge in [0.25, 0.3) is 0 Å². The van der Waals surface area contributed by atoms with Gasteiger partial charge in [0.1, 0.15) is 0 Å². The number of halogens is 1. The third-order valence-corrected chi connectivity index (χ3v) is 3.32. The third kappa shape index (κ3) is 3.61. The van der Waals surface area contributed by atoms with Crippen molar-refractivity contribution >= 4 is 15.9 Å². The lowest BCUT2D eigenvalue weighted by molar-refractivity contribution is 0.516. The number of aromatic nitrogens is 4. The van der Waals surface area contributed by atoms with Crippen molar-refractivity contribution in [1.29, 1.82) is 0 Å². The van der Waals surface area contributed by atoms with Crippen molar-refractivity contribution in [3.05, 3.63) is 40.1 Å². The monoisotopic (exact) mass is 309 g/mol. The van der Waals surface area contributed by atoms with E-state index in [0.717, 1.165) is 23.1 Å². The fourth-order valence-corrected chi connectivity index (χ4v) is 2.12. The Kier molecular flexibility index (Phi) is 4.43. The maximum absolute atomic E-state index is 5.81. The van der Waals surface area contributed by atoms with Gasteiger partial charge in [0.2, 0.25) is 0 Å². The summed E-state index contributed by atoms with van der Waals surface area (Å²) in [5.74, 6) is 1.10. The van der Waals surface area contributed by atoms with Gasteiger partial charge in [0.05, 0.1) is 7.05 Å². The van der Waals surface area contributed by atoms with E-state index in [4.69, 9.17) is 5.73 Å². The average Bonchev–Trinajstić information content (AvgIpc) is 2.77. The highest BCUT2D eigenvalue weighted by Crippen LogP contribution is 2.15. The average molecular weight is 310 g/mol. The molecular formula is C12H16BrN5. The molecule has 0 aliphatic heterocycles. The van der Waals surface area contributed by atoms with Gasteiger partial charge in [-0.2, -0.15) is 4.80 Å². The van der Waals surface area contributed by atoms with Crippen LogP contribution in [0, 0.1) is 5.92 Å². The number of tetrazole rings is 1. The highest BCUT2D eigenvalue weighted by Gasteiger charge is 2.12. The summed E-state index contributed by atoms with van der Waals surface area (Å²) in [6.45, 7) is 0.619. The van der Waals surface area contributed by atoms with Gasteiger partial charge >= 0.3 is 0 Å². The van der Waals surface area contributed by atoms with E-state index in [1.54, 1.807) is 7.05 Å². The molecule has 96 valence electrons. The van der Waals surface area contributed by atoms with Gasteiger partial charge < -0.3 is 5.73 Å². The molecule has 0 spiro atoms. The predicted octanol–water partition coefficient (Wildman–Crippen LogP) is 1.33. The fourth-order valence-electron chi connectivity index (χ4n) is 1.86. The zero-order valence-electron chi connectivity index (χ0n) is 10.3. The van der Waals surface area contributed by atoms with Crippen molar-refractivity contribution in [3.63, 3.8) is 0 Å². The van der Waals surface area contributed by atoms with Gasteiger partial charge in [-0.1, -0.05) is 28.1 Å². The first kappa shape index (κ1) is 13.2. The Labute approximate surface area is 115 Å². The van der Waals surface area contributed by atoms with Crippen LogP contribution in [0.25, 0.3) is 0 Å². The van der Waals surface area contributed by atoms with Crippen LogP contribution in [-0.4, -0.2) is 26.8 Å². The van der Waals surface area contributed by atoms with E-state index in [-0.39, 0.29) is 0 Å². The molecule has 0 saturated carbocycles. The molecule has 0 radical (unpaired) electrons. The molecule has 2 aromatic rings. The molecular weight excluding hydrogens is 294 g/mol. The lowest BCUT2D eigenvalue weighted by Gasteiger charge is -2.12. The highest BCUT2D eigenvalue weighted by molar-refractivity contribution is 9.10. The van der Waals surface area contributed by atoms with Crippen LogP contribution < -0.4 is 5.73 Å². The second-order valence-corrected chi connectivity index (χ2v) is 5.25. The Morgan fingerprint density at radius 1 is 1.28 bits per heavy atom. The van der Waals surface area contributed by atoms with Crippen LogP contribution in [0.2, 0.25) is 0 Å². The second kappa shape index (κ2) is 6.06. The van der Waals surface area contributed by atoms with Gasteiger partial charge in [-0.15, -0.1) is 10.2 Å². The van der Waals surface area contributed by atoms with E-state index in [2.05, 4.69) is 43.5 Å². The van der Waals surface area contributed by atoms with Gasteiger partial charge in [-0.25, -0.2) is 0 Å². The highest BCUT2D eigenvalue weighted by atomic mass is 79.9. The Hall–Kier alpha value is -1.27. The summed E-state index contributed by atoms with van der Waals surface area (Å²) in [5, 5.41) is 12.0. The topological polar surface area (TPSA) is 69.6 Å². The summed E-state index contributed by atoms with van der Waals surface area (Å²) in [7, 11) is 1.77. The lowest BCUT2D eigenvalue weighted by atomic mass is 9.96. The summed E-state index contributed by atoms with van der Waals surface area (Å²) >= 11 is 3.43. The van der Waals surface area contributed by atoms with Crippen LogP contribution in [0.4, 0.5) is 0 Å². The first-order valence-electron chi connectivity index (χ1n) is 5.84. The predicted molar refractivity (Wildman–Crippen MR) is 72.9 cm³/mol. The summed E-state index contributed by atoms with van der Waals surface area (Å²) in [4.78, 5) is 1.47. The standard InChI is InChI=1S/C12H16BrN5/c1-18-16-12(15-17-18)7-10(8-14)6-9-2-4-11(13)5-3-9/h2-5,10H,6-8,14H2,1H3. The molecule has 0 aliphatic carbocycles. The van der Waals surface area contributed by atoms with E-state index in [1.165, 1.54) is 10.4 Å². The van der Waals surface area contributed by atoms with E-state index in [0.29, 0.717) is 12.5 Å². The minimum Gasteiger partial charge on any atom is -0.330 e. The molecule has 0 aliphatic rings. The Balaban J connectivity index is 1.99. The SMILES string of the molecule is Cn1nnc(CC(CN)Cc2ccc(Br)cc2)n1. The van der Waals surface area contributed by atoms with Crippen LogP contribution in [0.1, 0.15) is 11.4 Å². The Morgan fingerprint density at radius 2 is 2.00 bits per heavy atom. The van der Waals surface area contributed by atoms with Gasteiger partial charge in [-0.05, 0) is 41.8 Å². The molecule has 6 heteroatoms. The van der Waals surface area contributed by atoms with E-state index in [9.17, 15) is 0 Å². The summed E-state index contributed by atoms with van der Waals surface area (Å²) in [6, 6.07) is 8.31. The summed E-state index contributed by atoms with van der Waals surface area (Å²) in [5.41, 5.74) is 7.09. The minimum atomic E-state index is 0.343. The third-order valence-electron chi connectivity index (χ3n) is 2.79. The largest absolute Gasteiger partial charge is 0.330 e. The molecule has 1 atom stereocenters. The first-order valence-corrected chi connectivity index (χ1v) is 6.64. The van der Waals surface area contributed by atoms with Crippen molar-refractivity contribution in [3.8, 4) is 0 Å². The van der Waals surface area contributed by atoms with Crippen molar-refractivity contribution in [2.75, 3.05) is 6.54 Å². The Morgan fingerprint density at radius 3 is 2.56 bits per heavy atom. The molecule has 0 saturated heterocycles. The molecule has 18 heavy (non-hydrogen) atoms. The smallest absolute Gasteiger partial charge is 0.175 e. The molecule has 0 fully saturated rings. The number of nitrogens with zero attached hydrogens (tertiary/aromatic N) is 4. The number of rotatable bonds is 5. The number of hydrogen-bond donors (Lipinski definition) is 1. The quantitative estimate of drug-likeness (QED) is 0.904. The van der Waals surface area contributed by atoms with Crippen molar-refractivity contribution in [1.82, 2.24) is 20.2 Å². The maximum atomic E-state index is 5.81. The second-order valence-electron chi connectivity index (χ2n) is 4.33. The minimum absolute atomic E-state index is 0.343. The molecule has 0 amide bonds. The molecule has 5 nitrogen and oxygen atoms in total. The van der Waals surface area contributed by atoms with Gasteiger partial charge in [0, 0.05) is 10.9 Å². The molecule has 1 aromatic heterocycles. The van der Waals surface area contributed by atoms with Crippen LogP contribution in [0.5, 0.6) is 0 Å². The number of nitrogens with two attached hydrogens (primary N) is 1. The molecule has 1 unspecified atom stereocenters. The summed E-state index contributed by atoms with van der Waals surface area (Å²) in [6.07, 6.45) is 1.70. The van der Waals surface area contributed by atoms with Crippen molar-refractivity contribution < 1.29 is 0 Å². The fraction of sp³-hybridized carbons (Fsp3) is 0.417. The van der Waals surface area contributed by atoms with Gasteiger partial charge in [-0.3, -0.25) is 0 Å². The van der Waals surface area contributed by atoms with E-state index < -0.39 is 0 Å². The lowest BCUT2D eigenvalue weighted by Crippen LogP contribution is -2.20. The number of hydrogen-bond acceptors (Lipinski definition) is 4. The van der Waals surface area contributed by atoms with Gasteiger partial charge in [0.15, 0.2) is 5.82 Å². The number of benzene rings is 1. The molecule has 1 aromatic carbocycles. The van der Waals surface area contributed by atoms with Crippen LogP contribution >= 0.6 is 15.9 Å². The van der Waals surface area contributed by atoms with E-state index >= 15 is 0 Å². The number of aryl methyl sites for hydroxylation is 1. The van der Waals surface area contributed by atoms with Crippen molar-refractivity contribution in [2.45, 2.75) is 12.8 Å². The zero-order valence-corrected chi connectivity index (χ0v) is 11.8. The molecule has 2 N–H and O–H groups in total. The van der Waals surface area contributed by atoms with Crippen molar-refractivity contribution in [2.24, 2.45) is 18.7 Å². The van der Waals surface area contributed by atoms with Crippen LogP contribution in [0.15, 0.2) is 28.7 Å². The first-order chi connectivity index (χ1) is 8.67.